The molecule has 0 saturated heterocycles. The molecule has 20 heavy (non-hydrogen) atoms. The quantitative estimate of drug-likeness (QED) is 0.717. The van der Waals surface area contributed by atoms with Gasteiger partial charge in [-0.05, 0) is 37.0 Å². The summed E-state index contributed by atoms with van der Waals surface area (Å²) in [6, 6.07) is 5.45. The van der Waals surface area contributed by atoms with E-state index < -0.39 is 10.0 Å². The first-order valence-electron chi connectivity index (χ1n) is 7.04. The van der Waals surface area contributed by atoms with Gasteiger partial charge in [-0.25, -0.2) is 8.42 Å². The second-order valence-corrected chi connectivity index (χ2v) is 7.32. The maximum atomic E-state index is 12.8. The summed E-state index contributed by atoms with van der Waals surface area (Å²) in [5.74, 6) is 0.320. The van der Waals surface area contributed by atoms with Gasteiger partial charge in [-0.2, -0.15) is 4.31 Å². The summed E-state index contributed by atoms with van der Waals surface area (Å²) in [6.07, 6.45) is 2.50. The van der Waals surface area contributed by atoms with E-state index >= 15 is 0 Å². The van der Waals surface area contributed by atoms with Crippen molar-refractivity contribution < 1.29 is 8.42 Å². The van der Waals surface area contributed by atoms with Crippen molar-refractivity contribution in [3.05, 3.63) is 29.3 Å². The zero-order valence-corrected chi connectivity index (χ0v) is 14.3. The van der Waals surface area contributed by atoms with E-state index in [2.05, 4.69) is 6.92 Å². The van der Waals surface area contributed by atoms with E-state index in [1.807, 2.05) is 26.0 Å². The highest BCUT2D eigenvalue weighted by Crippen LogP contribution is 2.24. The van der Waals surface area contributed by atoms with Crippen LogP contribution in [0.3, 0.4) is 0 Å². The Morgan fingerprint density at radius 2 is 1.95 bits per heavy atom. The average Bonchev–Trinajstić information content (AvgIpc) is 2.45. The number of aryl methyl sites for hydroxylation is 1. The predicted octanol–water partition coefficient (Wildman–Crippen LogP) is 3.80. The number of sulfonamides is 1. The molecule has 0 radical (unpaired) electrons. The van der Waals surface area contributed by atoms with Gasteiger partial charge in [-0.3, -0.25) is 0 Å². The minimum absolute atomic E-state index is 0.00522. The van der Waals surface area contributed by atoms with E-state index in [1.165, 1.54) is 4.31 Å². The van der Waals surface area contributed by atoms with Crippen molar-refractivity contribution in [2.24, 2.45) is 0 Å². The number of hydrogen-bond donors (Lipinski definition) is 0. The molecule has 0 heterocycles. The molecule has 1 unspecified atom stereocenters. The summed E-state index contributed by atoms with van der Waals surface area (Å²) in [4.78, 5) is 0.392. The SMILES string of the molecule is CCCC(C)N(C)S(=O)(=O)c1cc(CCl)ccc1CC. The number of benzene rings is 1. The van der Waals surface area contributed by atoms with Gasteiger partial charge >= 0.3 is 0 Å². The van der Waals surface area contributed by atoms with Crippen molar-refractivity contribution in [3.63, 3.8) is 0 Å². The van der Waals surface area contributed by atoms with Crippen LogP contribution in [0.25, 0.3) is 0 Å². The molecular formula is C15H24ClNO2S. The Bertz CT molecular complexity index is 543. The second kappa shape index (κ2) is 7.43. The summed E-state index contributed by atoms with van der Waals surface area (Å²) in [7, 11) is -1.81. The Labute approximate surface area is 128 Å². The number of rotatable bonds is 7. The Morgan fingerprint density at radius 1 is 1.30 bits per heavy atom. The molecule has 0 aliphatic rings. The Morgan fingerprint density at radius 3 is 2.45 bits per heavy atom. The van der Waals surface area contributed by atoms with Crippen LogP contribution in [0, 0.1) is 0 Å². The molecule has 0 spiro atoms. The zero-order chi connectivity index (χ0) is 15.3. The molecule has 1 atom stereocenters. The number of halogens is 1. The zero-order valence-electron chi connectivity index (χ0n) is 12.7. The fraction of sp³-hybridized carbons (Fsp3) is 0.600. The van der Waals surface area contributed by atoms with Crippen LogP contribution >= 0.6 is 11.6 Å². The lowest BCUT2D eigenvalue weighted by molar-refractivity contribution is 0.368. The molecule has 0 saturated carbocycles. The van der Waals surface area contributed by atoms with E-state index in [0.717, 1.165) is 24.0 Å². The van der Waals surface area contributed by atoms with Crippen molar-refractivity contribution in [1.29, 1.82) is 0 Å². The second-order valence-electron chi connectivity index (χ2n) is 5.09. The van der Waals surface area contributed by atoms with Crippen molar-refractivity contribution >= 4 is 21.6 Å². The van der Waals surface area contributed by atoms with Crippen LogP contribution in [0.2, 0.25) is 0 Å². The summed E-state index contributed by atoms with van der Waals surface area (Å²) in [5.41, 5.74) is 1.67. The molecule has 5 heteroatoms. The molecule has 0 bridgehead atoms. The van der Waals surface area contributed by atoms with Crippen molar-refractivity contribution in [2.45, 2.75) is 56.9 Å². The van der Waals surface area contributed by atoms with Crippen molar-refractivity contribution in [1.82, 2.24) is 4.31 Å². The Balaban J connectivity index is 3.26. The molecule has 1 aromatic carbocycles. The predicted molar refractivity (Wildman–Crippen MR) is 84.7 cm³/mol. The van der Waals surface area contributed by atoms with Crippen LogP contribution in [-0.2, 0) is 22.3 Å². The Hall–Kier alpha value is -0.580. The monoisotopic (exact) mass is 317 g/mol. The Kier molecular flexibility index (Phi) is 6.49. The molecule has 0 N–H and O–H groups in total. The van der Waals surface area contributed by atoms with Gasteiger partial charge in [-0.1, -0.05) is 32.4 Å². The van der Waals surface area contributed by atoms with Gasteiger partial charge in [0.1, 0.15) is 0 Å². The smallest absolute Gasteiger partial charge is 0.207 e. The third-order valence-electron chi connectivity index (χ3n) is 3.65. The molecule has 0 amide bonds. The summed E-state index contributed by atoms with van der Waals surface area (Å²) in [5, 5.41) is 0. The van der Waals surface area contributed by atoms with E-state index in [9.17, 15) is 8.42 Å². The summed E-state index contributed by atoms with van der Waals surface area (Å²) in [6.45, 7) is 5.96. The summed E-state index contributed by atoms with van der Waals surface area (Å²) >= 11 is 5.83. The maximum Gasteiger partial charge on any atom is 0.243 e. The molecule has 1 aromatic rings. The largest absolute Gasteiger partial charge is 0.243 e. The van der Waals surface area contributed by atoms with Crippen molar-refractivity contribution in [2.75, 3.05) is 7.05 Å². The lowest BCUT2D eigenvalue weighted by atomic mass is 10.1. The number of alkyl halides is 1. The van der Waals surface area contributed by atoms with Crippen LogP contribution in [0.15, 0.2) is 23.1 Å². The van der Waals surface area contributed by atoms with Crippen LogP contribution in [0.1, 0.15) is 44.7 Å². The number of hydrogen-bond acceptors (Lipinski definition) is 2. The van der Waals surface area contributed by atoms with E-state index in [0.29, 0.717) is 17.2 Å². The molecule has 114 valence electrons. The lowest BCUT2D eigenvalue weighted by Gasteiger charge is -2.25. The maximum absolute atomic E-state index is 12.8. The van der Waals surface area contributed by atoms with Gasteiger partial charge in [0.05, 0.1) is 4.90 Å². The van der Waals surface area contributed by atoms with Crippen LogP contribution in [-0.4, -0.2) is 25.8 Å². The lowest BCUT2D eigenvalue weighted by Crippen LogP contribution is -2.35. The highest BCUT2D eigenvalue weighted by Gasteiger charge is 2.27. The molecule has 1 rings (SSSR count). The van der Waals surface area contributed by atoms with E-state index in [-0.39, 0.29) is 6.04 Å². The third-order valence-corrected chi connectivity index (χ3v) is 6.01. The van der Waals surface area contributed by atoms with Gasteiger partial charge < -0.3 is 0 Å². The van der Waals surface area contributed by atoms with Crippen molar-refractivity contribution in [3.8, 4) is 0 Å². The molecular weight excluding hydrogens is 294 g/mol. The first kappa shape index (κ1) is 17.5. The average molecular weight is 318 g/mol. The number of nitrogens with zero attached hydrogens (tertiary/aromatic N) is 1. The van der Waals surface area contributed by atoms with E-state index in [1.54, 1.807) is 13.1 Å². The molecule has 0 aromatic heterocycles. The molecule has 0 aliphatic carbocycles. The molecule has 0 aliphatic heterocycles. The minimum atomic E-state index is -3.46. The van der Waals surface area contributed by atoms with Gasteiger partial charge in [0.25, 0.3) is 0 Å². The fourth-order valence-corrected chi connectivity index (χ4v) is 4.11. The summed E-state index contributed by atoms with van der Waals surface area (Å²) < 4.78 is 27.0. The normalized spacial score (nSPS) is 13.7. The van der Waals surface area contributed by atoms with Gasteiger partial charge in [0.15, 0.2) is 0 Å². The molecule has 0 fully saturated rings. The first-order chi connectivity index (χ1) is 9.38. The third kappa shape index (κ3) is 3.74. The fourth-order valence-electron chi connectivity index (χ4n) is 2.21. The molecule has 3 nitrogen and oxygen atoms in total. The standard InChI is InChI=1S/C15H24ClNO2S/c1-5-7-12(3)17(4)20(18,19)15-10-13(11-16)8-9-14(15)6-2/h8-10,12H,5-7,11H2,1-4H3. The van der Waals surface area contributed by atoms with Gasteiger partial charge in [-0.15, -0.1) is 11.6 Å². The van der Waals surface area contributed by atoms with Crippen LogP contribution in [0.4, 0.5) is 0 Å². The van der Waals surface area contributed by atoms with E-state index in [4.69, 9.17) is 11.6 Å². The van der Waals surface area contributed by atoms with Crippen LogP contribution in [0.5, 0.6) is 0 Å². The minimum Gasteiger partial charge on any atom is -0.207 e. The first-order valence-corrected chi connectivity index (χ1v) is 9.01. The van der Waals surface area contributed by atoms with Gasteiger partial charge in [0, 0.05) is 19.0 Å². The highest BCUT2D eigenvalue weighted by molar-refractivity contribution is 7.89. The van der Waals surface area contributed by atoms with Gasteiger partial charge in [0.2, 0.25) is 10.0 Å². The van der Waals surface area contributed by atoms with Crippen LogP contribution < -0.4 is 0 Å². The topological polar surface area (TPSA) is 37.4 Å². The highest BCUT2D eigenvalue weighted by atomic mass is 35.5.